The summed E-state index contributed by atoms with van der Waals surface area (Å²) in [6.45, 7) is 5.50. The minimum absolute atomic E-state index is 0.125. The van der Waals surface area contributed by atoms with E-state index in [0.29, 0.717) is 6.42 Å². The third kappa shape index (κ3) is 17.6. The maximum absolute atomic E-state index is 10.5. The van der Waals surface area contributed by atoms with Crippen LogP contribution in [0.1, 0.15) is 27.2 Å². The summed E-state index contributed by atoms with van der Waals surface area (Å²) in [4.78, 5) is 18.9. The summed E-state index contributed by atoms with van der Waals surface area (Å²) in [5, 5.41) is 9.64. The highest BCUT2D eigenvalue weighted by atomic mass is 16.3. The number of carboxylic acid groups (broad SMARTS) is 1. The average Bonchev–Trinajstić information content (AvgIpc) is 1.88. The third-order valence-corrected chi connectivity index (χ3v) is 0.771. The molecule has 1 amide bonds. The van der Waals surface area contributed by atoms with Gasteiger partial charge in [0.15, 0.2) is 0 Å². The van der Waals surface area contributed by atoms with E-state index >= 15 is 0 Å². The van der Waals surface area contributed by atoms with Crippen molar-refractivity contribution >= 4 is 12.4 Å². The van der Waals surface area contributed by atoms with Crippen LogP contribution in [0.4, 0.5) is 0 Å². The van der Waals surface area contributed by atoms with Crippen LogP contribution < -0.4 is 5.32 Å². The summed E-state index contributed by atoms with van der Waals surface area (Å²) < 4.78 is 0. The second-order valence-electron chi connectivity index (χ2n) is 2.18. The molecular weight excluding hydrogens is 146 g/mol. The van der Waals surface area contributed by atoms with Crippen molar-refractivity contribution < 1.29 is 14.7 Å². The Hall–Kier alpha value is -1.06. The molecule has 0 aliphatic rings. The standard InChI is InChI=1S/C6H13NO.CH2O2/c1-4-6(8)7-5(2)3;2-1-3/h5H,4H2,1-3H3,(H,7,8);1H,(H,2,3). The molecule has 0 aromatic rings. The number of hydrogen-bond acceptors (Lipinski definition) is 2. The van der Waals surface area contributed by atoms with Crippen molar-refractivity contribution in [1.82, 2.24) is 5.32 Å². The number of hydrogen-bond donors (Lipinski definition) is 2. The van der Waals surface area contributed by atoms with E-state index < -0.39 is 0 Å². The van der Waals surface area contributed by atoms with Crippen LogP contribution in [0, 0.1) is 0 Å². The molecule has 4 heteroatoms. The highest BCUT2D eigenvalue weighted by Crippen LogP contribution is 1.79. The molecule has 66 valence electrons. The molecule has 0 heterocycles. The van der Waals surface area contributed by atoms with Crippen LogP contribution in [0.25, 0.3) is 0 Å². The van der Waals surface area contributed by atoms with Gasteiger partial charge < -0.3 is 10.4 Å². The molecule has 0 aliphatic carbocycles. The van der Waals surface area contributed by atoms with Crippen LogP contribution >= 0.6 is 0 Å². The summed E-state index contributed by atoms with van der Waals surface area (Å²) in [5.41, 5.74) is 0. The Labute approximate surface area is 66.6 Å². The van der Waals surface area contributed by atoms with Gasteiger partial charge in [-0.1, -0.05) is 6.92 Å². The lowest BCUT2D eigenvalue weighted by atomic mass is 10.3. The van der Waals surface area contributed by atoms with Gasteiger partial charge in [0.05, 0.1) is 0 Å². The fourth-order valence-electron chi connectivity index (χ4n) is 0.424. The van der Waals surface area contributed by atoms with Crippen molar-refractivity contribution in [2.24, 2.45) is 0 Å². The molecule has 0 aromatic carbocycles. The van der Waals surface area contributed by atoms with Crippen molar-refractivity contribution in [3.8, 4) is 0 Å². The van der Waals surface area contributed by atoms with Crippen LogP contribution in [-0.4, -0.2) is 23.5 Å². The van der Waals surface area contributed by atoms with Gasteiger partial charge in [0, 0.05) is 12.5 Å². The van der Waals surface area contributed by atoms with Gasteiger partial charge in [-0.2, -0.15) is 0 Å². The van der Waals surface area contributed by atoms with Gasteiger partial charge in [-0.3, -0.25) is 9.59 Å². The molecule has 0 aliphatic heterocycles. The Morgan fingerprint density at radius 2 is 2.00 bits per heavy atom. The van der Waals surface area contributed by atoms with Crippen LogP contribution in [0.15, 0.2) is 0 Å². The number of carbonyl (C=O) groups excluding carboxylic acids is 1. The summed E-state index contributed by atoms with van der Waals surface area (Å²) >= 11 is 0. The van der Waals surface area contributed by atoms with E-state index in [2.05, 4.69) is 5.32 Å². The van der Waals surface area contributed by atoms with Crippen molar-refractivity contribution in [2.45, 2.75) is 33.2 Å². The highest BCUT2D eigenvalue weighted by molar-refractivity contribution is 5.75. The Balaban J connectivity index is 0. The molecule has 4 nitrogen and oxygen atoms in total. The molecule has 0 spiro atoms. The first-order valence-electron chi connectivity index (χ1n) is 3.45. The van der Waals surface area contributed by atoms with E-state index in [0.717, 1.165) is 0 Å². The summed E-state index contributed by atoms with van der Waals surface area (Å²) in [6, 6.07) is 0.280. The molecule has 0 radical (unpaired) electrons. The molecular formula is C7H15NO3. The average molecular weight is 161 g/mol. The molecule has 0 unspecified atom stereocenters. The van der Waals surface area contributed by atoms with Crippen LogP contribution in [0.3, 0.4) is 0 Å². The minimum Gasteiger partial charge on any atom is -0.483 e. The number of rotatable bonds is 2. The number of nitrogens with one attached hydrogen (secondary N) is 1. The molecule has 0 atom stereocenters. The first-order valence-corrected chi connectivity index (χ1v) is 3.45. The van der Waals surface area contributed by atoms with Crippen LogP contribution in [-0.2, 0) is 9.59 Å². The zero-order valence-electron chi connectivity index (χ0n) is 7.13. The van der Waals surface area contributed by atoms with Gasteiger partial charge in [0.25, 0.3) is 6.47 Å². The fourth-order valence-corrected chi connectivity index (χ4v) is 0.424. The van der Waals surface area contributed by atoms with Gasteiger partial charge in [-0.15, -0.1) is 0 Å². The van der Waals surface area contributed by atoms with Crippen LogP contribution in [0.2, 0.25) is 0 Å². The lowest BCUT2D eigenvalue weighted by Crippen LogP contribution is -2.29. The maximum Gasteiger partial charge on any atom is 0.290 e. The molecule has 0 saturated heterocycles. The Kier molecular flexibility index (Phi) is 10.2. The van der Waals surface area contributed by atoms with Gasteiger partial charge in [-0.25, -0.2) is 0 Å². The normalized spacial score (nSPS) is 8.00. The van der Waals surface area contributed by atoms with Crippen molar-refractivity contribution in [3.05, 3.63) is 0 Å². The second-order valence-corrected chi connectivity index (χ2v) is 2.18. The van der Waals surface area contributed by atoms with E-state index in [9.17, 15) is 4.79 Å². The van der Waals surface area contributed by atoms with E-state index in [1.54, 1.807) is 0 Å². The predicted molar refractivity (Wildman–Crippen MR) is 42.3 cm³/mol. The first-order chi connectivity index (χ1) is 5.08. The lowest BCUT2D eigenvalue weighted by Gasteiger charge is -2.04. The highest BCUT2D eigenvalue weighted by Gasteiger charge is 1.96. The largest absolute Gasteiger partial charge is 0.483 e. The van der Waals surface area contributed by atoms with Crippen molar-refractivity contribution in [2.75, 3.05) is 0 Å². The van der Waals surface area contributed by atoms with E-state index in [1.165, 1.54) is 0 Å². The van der Waals surface area contributed by atoms with Gasteiger partial charge in [0.2, 0.25) is 5.91 Å². The Bertz CT molecular complexity index is 112. The van der Waals surface area contributed by atoms with E-state index in [-0.39, 0.29) is 18.4 Å². The molecule has 11 heavy (non-hydrogen) atoms. The molecule has 0 aromatic heterocycles. The summed E-state index contributed by atoms with van der Waals surface area (Å²) in [5.74, 6) is 0.125. The maximum atomic E-state index is 10.5. The minimum atomic E-state index is -0.250. The SMILES string of the molecule is CCC(=O)NC(C)C.O=CO. The molecule has 0 rings (SSSR count). The Morgan fingerprint density at radius 3 is 2.09 bits per heavy atom. The van der Waals surface area contributed by atoms with E-state index in [4.69, 9.17) is 9.90 Å². The fraction of sp³-hybridized carbons (Fsp3) is 0.714. The van der Waals surface area contributed by atoms with Crippen LogP contribution in [0.5, 0.6) is 0 Å². The molecule has 0 fully saturated rings. The quantitative estimate of drug-likeness (QED) is 0.583. The second kappa shape index (κ2) is 8.94. The third-order valence-electron chi connectivity index (χ3n) is 0.771. The van der Waals surface area contributed by atoms with Gasteiger partial charge in [-0.05, 0) is 13.8 Å². The van der Waals surface area contributed by atoms with Gasteiger partial charge >= 0.3 is 0 Å². The number of carbonyl (C=O) groups is 2. The van der Waals surface area contributed by atoms with Crippen molar-refractivity contribution in [1.29, 1.82) is 0 Å². The zero-order chi connectivity index (χ0) is 9.28. The predicted octanol–water partition coefficient (Wildman–Crippen LogP) is 0.622. The number of amides is 1. The molecule has 2 N–H and O–H groups in total. The lowest BCUT2D eigenvalue weighted by molar-refractivity contribution is -0.123. The smallest absolute Gasteiger partial charge is 0.290 e. The topological polar surface area (TPSA) is 66.4 Å². The molecule has 0 bridgehead atoms. The van der Waals surface area contributed by atoms with E-state index in [1.807, 2.05) is 20.8 Å². The first kappa shape index (κ1) is 12.6. The zero-order valence-corrected chi connectivity index (χ0v) is 7.13. The monoisotopic (exact) mass is 161 g/mol. The van der Waals surface area contributed by atoms with Crippen molar-refractivity contribution in [3.63, 3.8) is 0 Å². The summed E-state index contributed by atoms with van der Waals surface area (Å²) in [7, 11) is 0. The van der Waals surface area contributed by atoms with Gasteiger partial charge in [0.1, 0.15) is 0 Å². The Morgan fingerprint density at radius 1 is 1.64 bits per heavy atom. The summed E-state index contributed by atoms with van der Waals surface area (Å²) in [6.07, 6.45) is 0.582. The molecule has 0 saturated carbocycles.